The molecular formula is C12H16ClNO3. The van der Waals surface area contributed by atoms with Crippen LogP contribution in [-0.4, -0.2) is 11.5 Å². The summed E-state index contributed by atoms with van der Waals surface area (Å²) < 4.78 is 5.48. The minimum atomic E-state index is -0.436. The standard InChI is InChI=1S/C12H16ClNO3/c1-3-9(2)7-17-8-10-6-11(14(15)16)4-5-12(10)13/h4-6,9H,3,7-8H2,1-2H3. The molecule has 0 fully saturated rings. The van der Waals surface area contributed by atoms with Crippen molar-refractivity contribution in [2.45, 2.75) is 26.9 Å². The van der Waals surface area contributed by atoms with Gasteiger partial charge in [0.2, 0.25) is 0 Å². The smallest absolute Gasteiger partial charge is 0.269 e. The molecular weight excluding hydrogens is 242 g/mol. The van der Waals surface area contributed by atoms with Crippen LogP contribution in [0.25, 0.3) is 0 Å². The molecule has 0 aliphatic rings. The van der Waals surface area contributed by atoms with E-state index >= 15 is 0 Å². The van der Waals surface area contributed by atoms with Gasteiger partial charge in [0, 0.05) is 29.3 Å². The van der Waals surface area contributed by atoms with Crippen LogP contribution in [0.5, 0.6) is 0 Å². The summed E-state index contributed by atoms with van der Waals surface area (Å²) in [4.78, 5) is 10.2. The lowest BCUT2D eigenvalue weighted by atomic mass is 10.1. The Morgan fingerprint density at radius 1 is 1.53 bits per heavy atom. The normalized spacial score (nSPS) is 12.4. The third-order valence-electron chi connectivity index (χ3n) is 2.60. The second kappa shape index (κ2) is 6.57. The zero-order valence-electron chi connectivity index (χ0n) is 9.98. The first kappa shape index (κ1) is 13.9. The Morgan fingerprint density at radius 2 is 2.24 bits per heavy atom. The molecule has 0 saturated heterocycles. The number of halogens is 1. The third-order valence-corrected chi connectivity index (χ3v) is 2.97. The van der Waals surface area contributed by atoms with Crippen molar-refractivity contribution in [3.8, 4) is 0 Å². The van der Waals surface area contributed by atoms with Crippen molar-refractivity contribution >= 4 is 17.3 Å². The SMILES string of the molecule is CCC(C)COCc1cc([N+](=O)[O-])ccc1Cl. The Labute approximate surface area is 106 Å². The van der Waals surface area contributed by atoms with Crippen molar-refractivity contribution in [3.05, 3.63) is 38.9 Å². The van der Waals surface area contributed by atoms with Gasteiger partial charge in [-0.25, -0.2) is 0 Å². The fourth-order valence-electron chi connectivity index (χ4n) is 1.27. The van der Waals surface area contributed by atoms with E-state index in [0.29, 0.717) is 29.7 Å². The molecule has 0 aromatic heterocycles. The number of nitro benzene ring substituents is 1. The predicted molar refractivity (Wildman–Crippen MR) is 67.2 cm³/mol. The zero-order chi connectivity index (χ0) is 12.8. The van der Waals surface area contributed by atoms with E-state index in [0.717, 1.165) is 6.42 Å². The molecule has 1 atom stereocenters. The van der Waals surface area contributed by atoms with Gasteiger partial charge in [0.1, 0.15) is 0 Å². The Balaban J connectivity index is 2.63. The van der Waals surface area contributed by atoms with Crippen LogP contribution in [0.3, 0.4) is 0 Å². The van der Waals surface area contributed by atoms with Gasteiger partial charge in [-0.2, -0.15) is 0 Å². The molecule has 0 N–H and O–H groups in total. The number of benzene rings is 1. The number of nitrogens with zero attached hydrogens (tertiary/aromatic N) is 1. The highest BCUT2D eigenvalue weighted by molar-refractivity contribution is 6.31. The zero-order valence-corrected chi connectivity index (χ0v) is 10.7. The lowest BCUT2D eigenvalue weighted by Crippen LogP contribution is -2.05. The fraction of sp³-hybridized carbons (Fsp3) is 0.500. The first-order valence-corrected chi connectivity index (χ1v) is 5.93. The number of hydrogen-bond donors (Lipinski definition) is 0. The van der Waals surface area contributed by atoms with Crippen molar-refractivity contribution in [1.29, 1.82) is 0 Å². The van der Waals surface area contributed by atoms with Gasteiger partial charge in [-0.3, -0.25) is 10.1 Å². The Morgan fingerprint density at radius 3 is 2.82 bits per heavy atom. The van der Waals surface area contributed by atoms with Crippen LogP contribution in [0, 0.1) is 16.0 Å². The number of nitro groups is 1. The molecule has 0 spiro atoms. The summed E-state index contributed by atoms with van der Waals surface area (Å²) in [6.45, 7) is 5.13. The van der Waals surface area contributed by atoms with Crippen LogP contribution < -0.4 is 0 Å². The summed E-state index contributed by atoms with van der Waals surface area (Å²) in [5, 5.41) is 11.1. The topological polar surface area (TPSA) is 52.4 Å². The lowest BCUT2D eigenvalue weighted by Gasteiger charge is -2.10. The molecule has 0 aliphatic carbocycles. The molecule has 94 valence electrons. The van der Waals surface area contributed by atoms with E-state index in [2.05, 4.69) is 13.8 Å². The average molecular weight is 258 g/mol. The predicted octanol–water partition coefficient (Wildman–Crippen LogP) is 3.81. The van der Waals surface area contributed by atoms with Crippen molar-refractivity contribution in [1.82, 2.24) is 0 Å². The Bertz CT molecular complexity index is 395. The van der Waals surface area contributed by atoms with E-state index in [1.807, 2.05) is 0 Å². The van der Waals surface area contributed by atoms with Crippen molar-refractivity contribution < 1.29 is 9.66 Å². The van der Waals surface area contributed by atoms with Crippen LogP contribution in [-0.2, 0) is 11.3 Å². The fourth-order valence-corrected chi connectivity index (χ4v) is 1.45. The molecule has 1 rings (SSSR count). The van der Waals surface area contributed by atoms with E-state index in [1.54, 1.807) is 0 Å². The van der Waals surface area contributed by atoms with Gasteiger partial charge in [-0.05, 0) is 12.0 Å². The second-order valence-corrected chi connectivity index (χ2v) is 4.47. The van der Waals surface area contributed by atoms with Gasteiger partial charge in [-0.1, -0.05) is 31.9 Å². The van der Waals surface area contributed by atoms with Gasteiger partial charge in [0.05, 0.1) is 11.5 Å². The summed E-state index contributed by atoms with van der Waals surface area (Å²) in [6, 6.07) is 4.38. The monoisotopic (exact) mass is 257 g/mol. The number of ether oxygens (including phenoxy) is 1. The third kappa shape index (κ3) is 4.32. The molecule has 1 aromatic rings. The quantitative estimate of drug-likeness (QED) is 0.575. The maximum absolute atomic E-state index is 10.6. The molecule has 0 heterocycles. The average Bonchev–Trinajstić information content (AvgIpc) is 2.30. The Hall–Kier alpha value is -1.13. The number of non-ortho nitro benzene ring substituents is 1. The van der Waals surface area contributed by atoms with Crippen LogP contribution in [0.15, 0.2) is 18.2 Å². The summed E-state index contributed by atoms with van der Waals surface area (Å²) in [5.41, 5.74) is 0.695. The molecule has 0 aliphatic heterocycles. The summed E-state index contributed by atoms with van der Waals surface area (Å²) in [6.07, 6.45) is 1.04. The van der Waals surface area contributed by atoms with Crippen LogP contribution >= 0.6 is 11.6 Å². The summed E-state index contributed by atoms with van der Waals surface area (Å²) >= 11 is 5.95. The largest absolute Gasteiger partial charge is 0.376 e. The lowest BCUT2D eigenvalue weighted by molar-refractivity contribution is -0.384. The molecule has 4 nitrogen and oxygen atoms in total. The van der Waals surface area contributed by atoms with E-state index < -0.39 is 4.92 Å². The summed E-state index contributed by atoms with van der Waals surface area (Å²) in [5.74, 6) is 0.479. The minimum Gasteiger partial charge on any atom is -0.376 e. The molecule has 5 heteroatoms. The Kier molecular flexibility index (Phi) is 5.38. The highest BCUT2D eigenvalue weighted by Crippen LogP contribution is 2.22. The molecule has 0 amide bonds. The van der Waals surface area contributed by atoms with Gasteiger partial charge >= 0.3 is 0 Å². The van der Waals surface area contributed by atoms with Crippen LogP contribution in [0.1, 0.15) is 25.8 Å². The molecule has 0 radical (unpaired) electrons. The molecule has 0 bridgehead atoms. The maximum atomic E-state index is 10.6. The molecule has 0 saturated carbocycles. The van der Waals surface area contributed by atoms with E-state index in [9.17, 15) is 10.1 Å². The van der Waals surface area contributed by atoms with Crippen molar-refractivity contribution in [3.63, 3.8) is 0 Å². The summed E-state index contributed by atoms with van der Waals surface area (Å²) in [7, 11) is 0. The van der Waals surface area contributed by atoms with E-state index in [1.165, 1.54) is 18.2 Å². The van der Waals surface area contributed by atoms with E-state index in [-0.39, 0.29) is 5.69 Å². The highest BCUT2D eigenvalue weighted by atomic mass is 35.5. The van der Waals surface area contributed by atoms with E-state index in [4.69, 9.17) is 16.3 Å². The van der Waals surface area contributed by atoms with Crippen LogP contribution in [0.2, 0.25) is 5.02 Å². The minimum absolute atomic E-state index is 0.0385. The first-order chi connectivity index (χ1) is 8.04. The van der Waals surface area contributed by atoms with Crippen molar-refractivity contribution in [2.24, 2.45) is 5.92 Å². The van der Waals surface area contributed by atoms with Gasteiger partial charge in [0.25, 0.3) is 5.69 Å². The van der Waals surface area contributed by atoms with Gasteiger partial charge in [0.15, 0.2) is 0 Å². The molecule has 1 unspecified atom stereocenters. The van der Waals surface area contributed by atoms with Gasteiger partial charge in [-0.15, -0.1) is 0 Å². The molecule has 1 aromatic carbocycles. The maximum Gasteiger partial charge on any atom is 0.269 e. The van der Waals surface area contributed by atoms with Crippen LogP contribution in [0.4, 0.5) is 5.69 Å². The van der Waals surface area contributed by atoms with Gasteiger partial charge < -0.3 is 4.74 Å². The first-order valence-electron chi connectivity index (χ1n) is 5.55. The highest BCUT2D eigenvalue weighted by Gasteiger charge is 2.10. The van der Waals surface area contributed by atoms with Crippen molar-refractivity contribution in [2.75, 3.05) is 6.61 Å². The number of hydrogen-bond acceptors (Lipinski definition) is 3. The molecule has 17 heavy (non-hydrogen) atoms. The number of rotatable bonds is 6. The second-order valence-electron chi connectivity index (χ2n) is 4.06.